The molecule has 0 radical (unpaired) electrons. The lowest BCUT2D eigenvalue weighted by Gasteiger charge is -2.21. The van der Waals surface area contributed by atoms with Crippen LogP contribution in [0.3, 0.4) is 0 Å². The first-order valence-corrected chi connectivity index (χ1v) is 11.6. The molecule has 1 aromatic heterocycles. The van der Waals surface area contributed by atoms with Crippen LogP contribution in [0.5, 0.6) is 0 Å². The first-order chi connectivity index (χ1) is 14.2. The zero-order chi connectivity index (χ0) is 22.1. The number of esters is 1. The Morgan fingerprint density at radius 1 is 1.30 bits per heavy atom. The Kier molecular flexibility index (Phi) is 6.53. The van der Waals surface area contributed by atoms with Crippen LogP contribution in [0.4, 0.5) is 4.39 Å². The molecule has 2 heterocycles. The lowest BCUT2D eigenvalue weighted by Crippen LogP contribution is -2.40. The fourth-order valence-corrected chi connectivity index (χ4v) is 5.87. The summed E-state index contributed by atoms with van der Waals surface area (Å²) < 4.78 is 46.8. The van der Waals surface area contributed by atoms with Crippen LogP contribution < -0.4 is 4.80 Å². The van der Waals surface area contributed by atoms with Gasteiger partial charge in [0.2, 0.25) is 10.0 Å². The van der Waals surface area contributed by atoms with E-state index in [1.807, 2.05) is 0 Å². The molecular weight excluding hydrogens is 433 g/mol. The third-order valence-electron chi connectivity index (χ3n) is 4.89. The molecule has 1 saturated heterocycles. The second-order valence-electron chi connectivity index (χ2n) is 6.76. The maximum atomic E-state index is 13.2. The van der Waals surface area contributed by atoms with Crippen molar-refractivity contribution in [2.24, 2.45) is 12.0 Å². The van der Waals surface area contributed by atoms with Crippen LogP contribution >= 0.6 is 11.3 Å². The second-order valence-corrected chi connectivity index (χ2v) is 9.62. The summed E-state index contributed by atoms with van der Waals surface area (Å²) in [6.45, 7) is 3.82. The largest absolute Gasteiger partial charge is 0.462 e. The number of ether oxygens (including phenoxy) is 1. The van der Waals surface area contributed by atoms with Crippen molar-refractivity contribution >= 4 is 33.2 Å². The van der Waals surface area contributed by atoms with E-state index in [9.17, 15) is 22.4 Å². The molecule has 0 spiro atoms. The Labute approximate surface area is 177 Å². The molecule has 0 aliphatic carbocycles. The highest BCUT2D eigenvalue weighted by Crippen LogP contribution is 2.27. The first-order valence-electron chi connectivity index (χ1n) is 9.36. The molecule has 3 rings (SSSR count). The van der Waals surface area contributed by atoms with Gasteiger partial charge in [-0.2, -0.15) is 9.30 Å². The molecule has 0 N–H and O–H groups in total. The van der Waals surface area contributed by atoms with E-state index >= 15 is 0 Å². The Morgan fingerprint density at radius 2 is 1.97 bits per heavy atom. The summed E-state index contributed by atoms with van der Waals surface area (Å²) in [5.74, 6) is -1.65. The minimum absolute atomic E-state index is 0.0780. The molecule has 1 unspecified atom stereocenters. The predicted octanol–water partition coefficient (Wildman–Crippen LogP) is 1.99. The van der Waals surface area contributed by atoms with Gasteiger partial charge in [-0.1, -0.05) is 11.3 Å². The maximum absolute atomic E-state index is 13.2. The number of carbonyl (C=O) groups is 2. The van der Waals surface area contributed by atoms with E-state index in [2.05, 4.69) is 4.99 Å². The summed E-state index contributed by atoms with van der Waals surface area (Å²) in [5, 5.41) is 0. The highest BCUT2D eigenvalue weighted by molar-refractivity contribution is 7.89. The number of amides is 1. The van der Waals surface area contributed by atoms with Crippen LogP contribution in [0.1, 0.15) is 35.1 Å². The third-order valence-corrected chi connectivity index (χ3v) is 8.02. The number of aromatic nitrogens is 1. The van der Waals surface area contributed by atoms with Crippen molar-refractivity contribution in [2.75, 3.05) is 13.2 Å². The molecule has 0 saturated carbocycles. The third kappa shape index (κ3) is 4.23. The van der Waals surface area contributed by atoms with E-state index in [1.165, 1.54) is 12.1 Å². The van der Waals surface area contributed by atoms with Crippen molar-refractivity contribution in [3.05, 3.63) is 45.5 Å². The number of hydrogen-bond donors (Lipinski definition) is 0. The van der Waals surface area contributed by atoms with Gasteiger partial charge in [-0.3, -0.25) is 4.79 Å². The van der Waals surface area contributed by atoms with Gasteiger partial charge in [0.05, 0.1) is 11.5 Å². The minimum Gasteiger partial charge on any atom is -0.462 e. The molecule has 2 aromatic rings. The predicted molar refractivity (Wildman–Crippen MR) is 108 cm³/mol. The van der Waals surface area contributed by atoms with Gasteiger partial charge >= 0.3 is 5.97 Å². The van der Waals surface area contributed by atoms with Gasteiger partial charge in [0.25, 0.3) is 5.91 Å². The molecule has 1 aromatic carbocycles. The van der Waals surface area contributed by atoms with Gasteiger partial charge in [-0.25, -0.2) is 17.6 Å². The molecule has 0 bridgehead atoms. The summed E-state index contributed by atoms with van der Waals surface area (Å²) in [4.78, 5) is 29.6. The normalized spacial score (nSPS) is 18.0. The van der Waals surface area contributed by atoms with Crippen LogP contribution in [0.2, 0.25) is 0 Å². The Hall–Kier alpha value is -2.37. The van der Waals surface area contributed by atoms with E-state index < -0.39 is 33.8 Å². The Bertz CT molecular complexity index is 1140. The number of rotatable bonds is 5. The summed E-state index contributed by atoms with van der Waals surface area (Å²) >= 11 is 1.02. The molecule has 1 atom stereocenters. The molecule has 1 amide bonds. The average Bonchev–Trinajstić information content (AvgIpc) is 3.30. The molecule has 1 fully saturated rings. The van der Waals surface area contributed by atoms with Gasteiger partial charge in [0, 0.05) is 19.3 Å². The van der Waals surface area contributed by atoms with E-state index in [1.54, 1.807) is 25.5 Å². The smallest absolute Gasteiger partial charge is 0.350 e. The topological polar surface area (TPSA) is 98.0 Å². The van der Waals surface area contributed by atoms with Crippen molar-refractivity contribution in [3.8, 4) is 0 Å². The maximum Gasteiger partial charge on any atom is 0.350 e. The fraction of sp³-hybridized carbons (Fsp3) is 0.421. The molecular formula is C19H22FN3O5S2. The first kappa shape index (κ1) is 22.3. The second kappa shape index (κ2) is 8.78. The van der Waals surface area contributed by atoms with Gasteiger partial charge < -0.3 is 9.30 Å². The van der Waals surface area contributed by atoms with Crippen molar-refractivity contribution in [3.63, 3.8) is 0 Å². The average molecular weight is 456 g/mol. The molecule has 162 valence electrons. The number of benzene rings is 1. The monoisotopic (exact) mass is 455 g/mol. The fourth-order valence-electron chi connectivity index (χ4n) is 3.20. The van der Waals surface area contributed by atoms with Gasteiger partial charge in [0.1, 0.15) is 16.7 Å². The number of nitrogens with zero attached hydrogens (tertiary/aromatic N) is 3. The number of sulfonamides is 1. The highest BCUT2D eigenvalue weighted by atomic mass is 32.2. The molecule has 30 heavy (non-hydrogen) atoms. The number of carbonyl (C=O) groups excluding carboxylic acids is 2. The van der Waals surface area contributed by atoms with E-state index in [0.29, 0.717) is 23.4 Å². The van der Waals surface area contributed by atoms with Crippen LogP contribution in [-0.4, -0.2) is 48.4 Å². The summed E-state index contributed by atoms with van der Waals surface area (Å²) in [7, 11) is -2.30. The molecule has 1 aliphatic heterocycles. The standard InChI is InChI=1S/C19H22FN3O5S2/c1-4-28-18(25)16-12(2)22(3)19(29-16)21-17(24)15-6-5-11-23(15)30(26,27)14-9-7-13(20)8-10-14/h7-10,15H,4-6,11H2,1-3H3. The number of halogens is 1. The van der Waals surface area contributed by atoms with E-state index in [0.717, 1.165) is 27.8 Å². The van der Waals surface area contributed by atoms with Crippen LogP contribution in [0.15, 0.2) is 34.2 Å². The van der Waals surface area contributed by atoms with Crippen LogP contribution in [0.25, 0.3) is 0 Å². The Balaban J connectivity index is 1.92. The van der Waals surface area contributed by atoms with E-state index in [4.69, 9.17) is 4.74 Å². The summed E-state index contributed by atoms with van der Waals surface area (Å²) in [6.07, 6.45) is 0.845. The van der Waals surface area contributed by atoms with Crippen molar-refractivity contribution in [2.45, 2.75) is 37.6 Å². The van der Waals surface area contributed by atoms with Crippen LogP contribution in [-0.2, 0) is 26.6 Å². The number of hydrogen-bond acceptors (Lipinski definition) is 6. The minimum atomic E-state index is -3.97. The lowest BCUT2D eigenvalue weighted by molar-refractivity contribution is -0.121. The van der Waals surface area contributed by atoms with Crippen LogP contribution in [0, 0.1) is 12.7 Å². The summed E-state index contributed by atoms with van der Waals surface area (Å²) in [5.41, 5.74) is 0.604. The van der Waals surface area contributed by atoms with Crippen molar-refractivity contribution in [1.82, 2.24) is 8.87 Å². The van der Waals surface area contributed by atoms with Crippen molar-refractivity contribution in [1.29, 1.82) is 0 Å². The summed E-state index contributed by atoms with van der Waals surface area (Å²) in [6, 6.07) is 3.53. The SMILES string of the molecule is CCOC(=O)c1sc(=NC(=O)C2CCCN2S(=O)(=O)c2ccc(F)cc2)n(C)c1C. The Morgan fingerprint density at radius 3 is 2.60 bits per heavy atom. The quantitative estimate of drug-likeness (QED) is 0.643. The van der Waals surface area contributed by atoms with Gasteiger partial charge in [0.15, 0.2) is 4.80 Å². The molecule has 11 heteroatoms. The molecule has 8 nitrogen and oxygen atoms in total. The zero-order valence-corrected chi connectivity index (χ0v) is 18.4. The zero-order valence-electron chi connectivity index (χ0n) is 16.8. The van der Waals surface area contributed by atoms with Gasteiger partial charge in [-0.05, 0) is 51.0 Å². The van der Waals surface area contributed by atoms with Crippen molar-refractivity contribution < 1.29 is 27.1 Å². The van der Waals surface area contributed by atoms with Gasteiger partial charge in [-0.15, -0.1) is 0 Å². The number of thiazole rings is 1. The lowest BCUT2D eigenvalue weighted by atomic mass is 10.2. The highest BCUT2D eigenvalue weighted by Gasteiger charge is 2.39. The molecule has 1 aliphatic rings. The van der Waals surface area contributed by atoms with E-state index in [-0.39, 0.29) is 22.8 Å².